The maximum Gasteiger partial charge on any atom is 0.234 e. The predicted octanol–water partition coefficient (Wildman–Crippen LogP) is -0.460. The Bertz CT molecular complexity index is 312. The molecule has 2 rings (SSSR count). The van der Waals surface area contributed by atoms with Gasteiger partial charge in [-0.25, -0.2) is 0 Å². The second kappa shape index (κ2) is 7.45. The molecule has 1 heterocycles. The van der Waals surface area contributed by atoms with Crippen LogP contribution in [0.1, 0.15) is 32.1 Å². The zero-order chi connectivity index (χ0) is 13.5. The SMILES string of the molecule is O=C(CCNCC(=O)NC1CCOCC1)NC1CC1. The molecule has 1 aliphatic carbocycles. The summed E-state index contributed by atoms with van der Waals surface area (Å²) in [6, 6.07) is 0.644. The minimum absolute atomic E-state index is 0.00509. The van der Waals surface area contributed by atoms with Crippen molar-refractivity contribution in [2.45, 2.75) is 44.2 Å². The first kappa shape index (κ1) is 14.3. The average molecular weight is 269 g/mol. The van der Waals surface area contributed by atoms with Gasteiger partial charge in [0.1, 0.15) is 0 Å². The highest BCUT2D eigenvalue weighted by molar-refractivity contribution is 5.79. The van der Waals surface area contributed by atoms with E-state index in [1.54, 1.807) is 0 Å². The molecular weight excluding hydrogens is 246 g/mol. The molecule has 0 radical (unpaired) electrons. The molecule has 1 aliphatic heterocycles. The van der Waals surface area contributed by atoms with Crippen LogP contribution >= 0.6 is 0 Å². The van der Waals surface area contributed by atoms with E-state index in [4.69, 9.17) is 4.74 Å². The summed E-state index contributed by atoms with van der Waals surface area (Å²) >= 11 is 0. The van der Waals surface area contributed by atoms with E-state index in [-0.39, 0.29) is 24.4 Å². The van der Waals surface area contributed by atoms with Gasteiger partial charge in [0.2, 0.25) is 11.8 Å². The lowest BCUT2D eigenvalue weighted by Gasteiger charge is -2.23. The van der Waals surface area contributed by atoms with Gasteiger partial charge in [-0.1, -0.05) is 0 Å². The van der Waals surface area contributed by atoms with Crippen LogP contribution in [-0.2, 0) is 14.3 Å². The van der Waals surface area contributed by atoms with Crippen molar-refractivity contribution < 1.29 is 14.3 Å². The zero-order valence-corrected chi connectivity index (χ0v) is 11.2. The van der Waals surface area contributed by atoms with Gasteiger partial charge in [-0.05, 0) is 25.7 Å². The van der Waals surface area contributed by atoms with Crippen LogP contribution in [0, 0.1) is 0 Å². The number of carbonyl (C=O) groups is 2. The number of ether oxygens (including phenoxy) is 1. The molecule has 6 nitrogen and oxygen atoms in total. The Morgan fingerprint density at radius 3 is 2.26 bits per heavy atom. The van der Waals surface area contributed by atoms with Crippen LogP contribution < -0.4 is 16.0 Å². The van der Waals surface area contributed by atoms with Crippen molar-refractivity contribution in [2.24, 2.45) is 0 Å². The number of hydrogen-bond acceptors (Lipinski definition) is 4. The largest absolute Gasteiger partial charge is 0.381 e. The second-order valence-corrected chi connectivity index (χ2v) is 5.22. The van der Waals surface area contributed by atoms with E-state index in [0.717, 1.165) is 38.9 Å². The number of carbonyl (C=O) groups excluding carboxylic acids is 2. The number of nitrogens with one attached hydrogen (secondary N) is 3. The summed E-state index contributed by atoms with van der Waals surface area (Å²) in [7, 11) is 0. The molecule has 19 heavy (non-hydrogen) atoms. The van der Waals surface area contributed by atoms with E-state index >= 15 is 0 Å². The molecule has 6 heteroatoms. The highest BCUT2D eigenvalue weighted by atomic mass is 16.5. The van der Waals surface area contributed by atoms with Gasteiger partial charge < -0.3 is 20.7 Å². The molecule has 0 aromatic heterocycles. The topological polar surface area (TPSA) is 79.5 Å². The molecule has 3 N–H and O–H groups in total. The van der Waals surface area contributed by atoms with Gasteiger partial charge in [0.25, 0.3) is 0 Å². The Morgan fingerprint density at radius 2 is 1.58 bits per heavy atom. The highest BCUT2D eigenvalue weighted by Gasteiger charge is 2.22. The van der Waals surface area contributed by atoms with Crippen LogP contribution in [0.4, 0.5) is 0 Å². The van der Waals surface area contributed by atoms with E-state index in [2.05, 4.69) is 16.0 Å². The summed E-state index contributed by atoms with van der Waals surface area (Å²) in [6.07, 6.45) is 4.41. The van der Waals surface area contributed by atoms with Crippen LogP contribution in [0.5, 0.6) is 0 Å². The number of amides is 2. The predicted molar refractivity (Wildman–Crippen MR) is 70.6 cm³/mol. The third-order valence-corrected chi connectivity index (χ3v) is 3.34. The van der Waals surface area contributed by atoms with Crippen LogP contribution in [0.3, 0.4) is 0 Å². The Balaban J connectivity index is 1.47. The molecule has 0 atom stereocenters. The molecule has 108 valence electrons. The van der Waals surface area contributed by atoms with Gasteiger partial charge in [0.05, 0.1) is 6.54 Å². The molecule has 0 spiro atoms. The molecule has 2 fully saturated rings. The zero-order valence-electron chi connectivity index (χ0n) is 11.2. The quantitative estimate of drug-likeness (QED) is 0.546. The summed E-state index contributed by atoms with van der Waals surface area (Å²) in [4.78, 5) is 23.0. The van der Waals surface area contributed by atoms with Gasteiger partial charge in [0.15, 0.2) is 0 Å². The normalized spacial score (nSPS) is 20.0. The van der Waals surface area contributed by atoms with Crippen molar-refractivity contribution in [1.82, 2.24) is 16.0 Å². The van der Waals surface area contributed by atoms with Gasteiger partial charge >= 0.3 is 0 Å². The average Bonchev–Trinajstić information content (AvgIpc) is 3.20. The van der Waals surface area contributed by atoms with Crippen molar-refractivity contribution in [2.75, 3.05) is 26.3 Å². The number of rotatable bonds is 7. The lowest BCUT2D eigenvalue weighted by molar-refractivity contribution is -0.123. The summed E-state index contributed by atoms with van der Waals surface area (Å²) in [5, 5.41) is 8.88. The van der Waals surface area contributed by atoms with Crippen molar-refractivity contribution in [1.29, 1.82) is 0 Å². The lowest BCUT2D eigenvalue weighted by Crippen LogP contribution is -2.43. The molecular formula is C13H23N3O3. The maximum atomic E-state index is 11.6. The summed E-state index contributed by atoms with van der Waals surface area (Å²) in [6.45, 7) is 2.26. The van der Waals surface area contributed by atoms with E-state index in [9.17, 15) is 9.59 Å². The van der Waals surface area contributed by atoms with Crippen molar-refractivity contribution in [3.63, 3.8) is 0 Å². The first-order valence-corrected chi connectivity index (χ1v) is 7.11. The van der Waals surface area contributed by atoms with Crippen LogP contribution in [-0.4, -0.2) is 50.2 Å². The summed E-state index contributed by atoms with van der Waals surface area (Å²) < 4.78 is 5.23. The van der Waals surface area contributed by atoms with Crippen molar-refractivity contribution in [3.05, 3.63) is 0 Å². The molecule has 0 aromatic carbocycles. The molecule has 1 saturated heterocycles. The Morgan fingerprint density at radius 1 is 0.947 bits per heavy atom. The van der Waals surface area contributed by atoms with Gasteiger partial charge in [-0.3, -0.25) is 9.59 Å². The Kier molecular flexibility index (Phi) is 5.60. The lowest BCUT2D eigenvalue weighted by atomic mass is 10.1. The monoisotopic (exact) mass is 269 g/mol. The van der Waals surface area contributed by atoms with Crippen LogP contribution in [0.15, 0.2) is 0 Å². The van der Waals surface area contributed by atoms with Crippen molar-refractivity contribution in [3.8, 4) is 0 Å². The molecule has 0 bridgehead atoms. The standard InChI is InChI=1S/C13H23N3O3/c17-12(15-10-1-2-10)3-6-14-9-13(18)16-11-4-7-19-8-5-11/h10-11,14H,1-9H2,(H,15,17)(H,16,18). The van der Waals surface area contributed by atoms with E-state index in [1.165, 1.54) is 0 Å². The first-order chi connectivity index (χ1) is 9.24. The number of hydrogen-bond donors (Lipinski definition) is 3. The Hall–Kier alpha value is -1.14. The fourth-order valence-electron chi connectivity index (χ4n) is 2.05. The third kappa shape index (κ3) is 6.02. The van der Waals surface area contributed by atoms with Gasteiger partial charge in [0, 0.05) is 38.3 Å². The molecule has 2 aliphatic rings. The van der Waals surface area contributed by atoms with Crippen LogP contribution in [0.25, 0.3) is 0 Å². The van der Waals surface area contributed by atoms with Gasteiger partial charge in [-0.2, -0.15) is 0 Å². The van der Waals surface area contributed by atoms with E-state index in [1.807, 2.05) is 0 Å². The van der Waals surface area contributed by atoms with Crippen molar-refractivity contribution >= 4 is 11.8 Å². The Labute approximate surface area is 113 Å². The molecule has 2 amide bonds. The second-order valence-electron chi connectivity index (χ2n) is 5.22. The van der Waals surface area contributed by atoms with E-state index < -0.39 is 0 Å². The fraction of sp³-hybridized carbons (Fsp3) is 0.846. The van der Waals surface area contributed by atoms with E-state index in [0.29, 0.717) is 19.0 Å². The minimum atomic E-state index is -0.00509. The third-order valence-electron chi connectivity index (χ3n) is 3.34. The highest BCUT2D eigenvalue weighted by Crippen LogP contribution is 2.18. The molecule has 0 aromatic rings. The fourth-order valence-corrected chi connectivity index (χ4v) is 2.05. The molecule has 1 saturated carbocycles. The summed E-state index contributed by atoms with van der Waals surface area (Å²) in [5.41, 5.74) is 0. The smallest absolute Gasteiger partial charge is 0.234 e. The van der Waals surface area contributed by atoms with Gasteiger partial charge in [-0.15, -0.1) is 0 Å². The minimum Gasteiger partial charge on any atom is -0.381 e. The van der Waals surface area contributed by atoms with Crippen LogP contribution in [0.2, 0.25) is 0 Å². The first-order valence-electron chi connectivity index (χ1n) is 7.11. The molecule has 0 unspecified atom stereocenters. The maximum absolute atomic E-state index is 11.6. The summed E-state index contributed by atoms with van der Waals surface area (Å²) in [5.74, 6) is 0.0642.